The monoisotopic (exact) mass is 129 g/mol. The second kappa shape index (κ2) is 2.27. The zero-order valence-corrected chi connectivity index (χ0v) is 5.93. The lowest BCUT2D eigenvalue weighted by Crippen LogP contribution is -2.36. The highest BCUT2D eigenvalue weighted by Gasteiger charge is 2.44. The molecule has 0 bridgehead atoms. The van der Waals surface area contributed by atoms with Gasteiger partial charge in [0, 0.05) is 5.54 Å². The third-order valence-electron chi connectivity index (χ3n) is 2.05. The minimum Gasteiger partial charge on any atom is -0.391 e. The maximum Gasteiger partial charge on any atom is 0.0719 e. The molecule has 1 saturated carbocycles. The van der Waals surface area contributed by atoms with Gasteiger partial charge < -0.3 is 10.8 Å². The van der Waals surface area contributed by atoms with Crippen molar-refractivity contribution < 1.29 is 5.11 Å². The van der Waals surface area contributed by atoms with Gasteiger partial charge in [-0.05, 0) is 19.3 Å². The number of hydrogen-bond acceptors (Lipinski definition) is 2. The van der Waals surface area contributed by atoms with Crippen molar-refractivity contribution in [2.45, 2.75) is 44.2 Å². The molecule has 0 aliphatic heterocycles. The zero-order valence-electron chi connectivity index (χ0n) is 5.93. The molecule has 1 atom stereocenters. The quantitative estimate of drug-likeness (QED) is 0.587. The first-order chi connectivity index (χ1) is 4.19. The molecule has 2 nitrogen and oxygen atoms in total. The average molecular weight is 129 g/mol. The van der Waals surface area contributed by atoms with Gasteiger partial charge >= 0.3 is 0 Å². The first-order valence-electron chi connectivity index (χ1n) is 3.66. The van der Waals surface area contributed by atoms with Crippen LogP contribution in [0.2, 0.25) is 0 Å². The van der Waals surface area contributed by atoms with Crippen molar-refractivity contribution >= 4 is 0 Å². The van der Waals surface area contributed by atoms with Crippen LogP contribution in [0.15, 0.2) is 0 Å². The van der Waals surface area contributed by atoms with Crippen LogP contribution in [0, 0.1) is 0 Å². The van der Waals surface area contributed by atoms with Crippen molar-refractivity contribution in [3.05, 3.63) is 0 Å². The Morgan fingerprint density at radius 1 is 1.67 bits per heavy atom. The third-order valence-corrected chi connectivity index (χ3v) is 2.05. The second-order valence-electron chi connectivity index (χ2n) is 3.04. The van der Waals surface area contributed by atoms with E-state index in [2.05, 4.69) is 6.92 Å². The molecule has 1 rings (SSSR count). The van der Waals surface area contributed by atoms with Gasteiger partial charge in [-0.1, -0.05) is 13.3 Å². The molecule has 0 heterocycles. The molecule has 1 aliphatic carbocycles. The lowest BCUT2D eigenvalue weighted by atomic mass is 10.1. The molecule has 0 radical (unpaired) electrons. The van der Waals surface area contributed by atoms with Gasteiger partial charge in [-0.25, -0.2) is 0 Å². The minimum absolute atomic E-state index is 0.185. The van der Waals surface area contributed by atoms with Crippen LogP contribution in [-0.4, -0.2) is 16.7 Å². The highest BCUT2D eigenvalue weighted by Crippen LogP contribution is 2.37. The summed E-state index contributed by atoms with van der Waals surface area (Å²) in [6, 6.07) is 0. The van der Waals surface area contributed by atoms with Gasteiger partial charge in [0.1, 0.15) is 0 Å². The summed E-state index contributed by atoms with van der Waals surface area (Å²) in [5, 5.41) is 9.32. The van der Waals surface area contributed by atoms with Crippen LogP contribution in [-0.2, 0) is 0 Å². The largest absolute Gasteiger partial charge is 0.391 e. The Kier molecular flexibility index (Phi) is 1.78. The van der Waals surface area contributed by atoms with Crippen LogP contribution in [0.25, 0.3) is 0 Å². The topological polar surface area (TPSA) is 46.2 Å². The van der Waals surface area contributed by atoms with Crippen LogP contribution < -0.4 is 5.73 Å². The molecule has 3 N–H and O–H groups in total. The van der Waals surface area contributed by atoms with Crippen LogP contribution in [0.1, 0.15) is 32.6 Å². The van der Waals surface area contributed by atoms with Gasteiger partial charge in [-0.15, -0.1) is 0 Å². The lowest BCUT2D eigenvalue weighted by Gasteiger charge is -2.15. The summed E-state index contributed by atoms with van der Waals surface area (Å²) in [5.41, 5.74) is 5.54. The van der Waals surface area contributed by atoms with E-state index in [9.17, 15) is 5.11 Å². The Labute approximate surface area is 56.1 Å². The van der Waals surface area contributed by atoms with Gasteiger partial charge in [0.05, 0.1) is 6.10 Å². The van der Waals surface area contributed by atoms with E-state index in [1.54, 1.807) is 0 Å². The number of hydrogen-bond donors (Lipinski definition) is 2. The van der Waals surface area contributed by atoms with E-state index >= 15 is 0 Å². The number of nitrogens with two attached hydrogens (primary N) is 1. The molecule has 1 aliphatic rings. The predicted octanol–water partition coefficient (Wildman–Crippen LogP) is 0.639. The number of rotatable bonds is 3. The van der Waals surface area contributed by atoms with Crippen molar-refractivity contribution in [2.24, 2.45) is 5.73 Å². The van der Waals surface area contributed by atoms with E-state index in [0.717, 1.165) is 25.7 Å². The molecule has 0 saturated heterocycles. The van der Waals surface area contributed by atoms with Crippen LogP contribution in [0.5, 0.6) is 0 Å². The fourth-order valence-electron chi connectivity index (χ4n) is 1.04. The molecule has 2 heteroatoms. The normalized spacial score (nSPS) is 25.7. The maximum atomic E-state index is 9.32. The van der Waals surface area contributed by atoms with Crippen molar-refractivity contribution in [1.82, 2.24) is 0 Å². The summed E-state index contributed by atoms with van der Waals surface area (Å²) in [5.74, 6) is 0. The second-order valence-corrected chi connectivity index (χ2v) is 3.04. The van der Waals surface area contributed by atoms with Crippen LogP contribution in [0.4, 0.5) is 0 Å². The number of aliphatic hydroxyl groups excluding tert-OH is 1. The Bertz CT molecular complexity index is 99.1. The molecule has 0 aromatic carbocycles. The van der Waals surface area contributed by atoms with E-state index in [0.29, 0.717) is 0 Å². The molecule has 0 amide bonds. The average Bonchev–Trinajstić information content (AvgIpc) is 2.50. The zero-order chi connectivity index (χ0) is 6.91. The maximum absolute atomic E-state index is 9.32. The summed E-state index contributed by atoms with van der Waals surface area (Å²) in [7, 11) is 0. The van der Waals surface area contributed by atoms with Gasteiger partial charge in [0.25, 0.3) is 0 Å². The van der Waals surface area contributed by atoms with Gasteiger partial charge in [-0.3, -0.25) is 0 Å². The van der Waals surface area contributed by atoms with Crippen molar-refractivity contribution in [3.8, 4) is 0 Å². The molecule has 1 unspecified atom stereocenters. The van der Waals surface area contributed by atoms with E-state index in [1.165, 1.54) is 0 Å². The molecule has 0 spiro atoms. The summed E-state index contributed by atoms with van der Waals surface area (Å²) < 4.78 is 0. The molecule has 54 valence electrons. The first-order valence-corrected chi connectivity index (χ1v) is 3.66. The number of aliphatic hydroxyl groups is 1. The molecule has 0 aromatic rings. The third kappa shape index (κ3) is 1.43. The van der Waals surface area contributed by atoms with Gasteiger partial charge in [-0.2, -0.15) is 0 Å². The Morgan fingerprint density at radius 2 is 2.22 bits per heavy atom. The van der Waals surface area contributed by atoms with E-state index in [-0.39, 0.29) is 11.6 Å². The SMILES string of the molecule is CCCC(O)C1(N)CC1. The Balaban J connectivity index is 2.24. The molecular formula is C7H15NO. The summed E-state index contributed by atoms with van der Waals surface area (Å²) in [4.78, 5) is 0. The van der Waals surface area contributed by atoms with Crippen molar-refractivity contribution in [1.29, 1.82) is 0 Å². The van der Waals surface area contributed by atoms with Crippen LogP contribution in [0.3, 0.4) is 0 Å². The smallest absolute Gasteiger partial charge is 0.0719 e. The summed E-state index contributed by atoms with van der Waals surface area (Å²) in [6.45, 7) is 2.06. The fourth-order valence-corrected chi connectivity index (χ4v) is 1.04. The van der Waals surface area contributed by atoms with E-state index < -0.39 is 0 Å². The first kappa shape index (κ1) is 7.03. The Morgan fingerprint density at radius 3 is 2.56 bits per heavy atom. The fraction of sp³-hybridized carbons (Fsp3) is 1.00. The molecule has 0 aromatic heterocycles. The highest BCUT2D eigenvalue weighted by molar-refractivity contribution is 5.04. The Hall–Kier alpha value is -0.0800. The molecule has 9 heavy (non-hydrogen) atoms. The van der Waals surface area contributed by atoms with Crippen LogP contribution >= 0.6 is 0 Å². The van der Waals surface area contributed by atoms with Gasteiger partial charge in [0.2, 0.25) is 0 Å². The predicted molar refractivity (Wildman–Crippen MR) is 37.1 cm³/mol. The minimum atomic E-state index is -0.248. The van der Waals surface area contributed by atoms with Gasteiger partial charge in [0.15, 0.2) is 0 Å². The highest BCUT2D eigenvalue weighted by atomic mass is 16.3. The van der Waals surface area contributed by atoms with E-state index in [4.69, 9.17) is 5.73 Å². The van der Waals surface area contributed by atoms with Crippen molar-refractivity contribution in [2.75, 3.05) is 0 Å². The summed E-state index contributed by atoms with van der Waals surface area (Å²) in [6.07, 6.45) is 3.65. The lowest BCUT2D eigenvalue weighted by molar-refractivity contribution is 0.124. The van der Waals surface area contributed by atoms with Crippen molar-refractivity contribution in [3.63, 3.8) is 0 Å². The summed E-state index contributed by atoms with van der Waals surface area (Å²) >= 11 is 0. The molecule has 1 fully saturated rings. The van der Waals surface area contributed by atoms with E-state index in [1.807, 2.05) is 0 Å². The molecular weight excluding hydrogens is 114 g/mol. The standard InChI is InChI=1S/C7H15NO/c1-2-3-6(9)7(8)4-5-7/h6,9H,2-5,8H2,1H3.